The molecule has 2 nitrogen and oxygen atoms in total. The Morgan fingerprint density at radius 2 is 2.13 bits per heavy atom. The number of imidazole rings is 1. The lowest BCUT2D eigenvalue weighted by atomic mass is 9.81. The van der Waals surface area contributed by atoms with Gasteiger partial charge in [0.15, 0.2) is 0 Å². The number of nitrogens with zero attached hydrogens (tertiary/aromatic N) is 2. The van der Waals surface area contributed by atoms with Crippen LogP contribution in [-0.2, 0) is 5.41 Å². The molecular formula is C13H18N2. The second-order valence-electron chi connectivity index (χ2n) is 4.74. The van der Waals surface area contributed by atoms with Crippen LogP contribution >= 0.6 is 0 Å². The molecule has 0 unspecified atom stereocenters. The van der Waals surface area contributed by atoms with Crippen molar-refractivity contribution < 1.29 is 0 Å². The molecule has 2 rings (SSSR count). The summed E-state index contributed by atoms with van der Waals surface area (Å²) in [5, 5.41) is 0. The summed E-state index contributed by atoms with van der Waals surface area (Å²) >= 11 is 0. The Bertz CT molecular complexity index is 454. The fraction of sp³-hybridized carbons (Fsp3) is 0.462. The predicted octanol–water partition coefficient (Wildman–Crippen LogP) is 3.41. The smallest absolute Gasteiger partial charge is 0.136 e. The fourth-order valence-corrected chi connectivity index (χ4v) is 2.09. The van der Waals surface area contributed by atoms with Gasteiger partial charge >= 0.3 is 0 Å². The van der Waals surface area contributed by atoms with E-state index in [1.54, 1.807) is 0 Å². The third-order valence-electron chi connectivity index (χ3n) is 3.05. The maximum absolute atomic E-state index is 4.25. The highest BCUT2D eigenvalue weighted by atomic mass is 15.0. The first-order valence-corrected chi connectivity index (χ1v) is 5.57. The van der Waals surface area contributed by atoms with Gasteiger partial charge in [0.2, 0.25) is 0 Å². The summed E-state index contributed by atoms with van der Waals surface area (Å²) in [7, 11) is 0. The highest BCUT2D eigenvalue weighted by Gasteiger charge is 2.19. The van der Waals surface area contributed by atoms with Gasteiger partial charge in [0, 0.05) is 18.6 Å². The molecule has 0 N–H and O–H groups in total. The minimum atomic E-state index is 0.257. The van der Waals surface area contributed by atoms with Crippen LogP contribution in [-0.4, -0.2) is 9.38 Å². The largest absolute Gasteiger partial charge is 0.307 e. The molecule has 0 radical (unpaired) electrons. The molecule has 0 amide bonds. The standard InChI is InChI=1S/C13H18N2/c1-4-7-13(2,3)11-5-6-12-14-8-9-15(12)10-11/h5-6,8-10H,4,7H2,1-3H3. The molecule has 0 bridgehead atoms. The summed E-state index contributed by atoms with van der Waals surface area (Å²) in [5.41, 5.74) is 2.66. The van der Waals surface area contributed by atoms with E-state index in [9.17, 15) is 0 Å². The monoisotopic (exact) mass is 202 g/mol. The van der Waals surface area contributed by atoms with E-state index >= 15 is 0 Å². The van der Waals surface area contributed by atoms with Gasteiger partial charge in [-0.3, -0.25) is 0 Å². The number of aromatic nitrogens is 2. The minimum Gasteiger partial charge on any atom is -0.307 e. The number of rotatable bonds is 3. The zero-order valence-corrected chi connectivity index (χ0v) is 9.70. The van der Waals surface area contributed by atoms with Crippen LogP contribution in [0.1, 0.15) is 39.2 Å². The van der Waals surface area contributed by atoms with Gasteiger partial charge in [-0.25, -0.2) is 4.98 Å². The molecule has 2 heteroatoms. The minimum absolute atomic E-state index is 0.257. The molecule has 15 heavy (non-hydrogen) atoms. The normalized spacial score (nSPS) is 12.2. The van der Waals surface area contributed by atoms with Gasteiger partial charge in [-0.05, 0) is 23.5 Å². The van der Waals surface area contributed by atoms with Crippen molar-refractivity contribution in [3.8, 4) is 0 Å². The van der Waals surface area contributed by atoms with Crippen molar-refractivity contribution in [2.45, 2.75) is 39.0 Å². The van der Waals surface area contributed by atoms with Crippen LogP contribution in [0.15, 0.2) is 30.7 Å². The van der Waals surface area contributed by atoms with Gasteiger partial charge in [0.05, 0.1) is 0 Å². The zero-order chi connectivity index (χ0) is 10.9. The van der Waals surface area contributed by atoms with Crippen LogP contribution in [0.3, 0.4) is 0 Å². The molecule has 80 valence electrons. The van der Waals surface area contributed by atoms with Gasteiger partial charge in [-0.15, -0.1) is 0 Å². The summed E-state index contributed by atoms with van der Waals surface area (Å²) in [6.45, 7) is 6.83. The third-order valence-corrected chi connectivity index (χ3v) is 3.05. The van der Waals surface area contributed by atoms with Gasteiger partial charge in [0.1, 0.15) is 5.65 Å². The molecule has 0 saturated heterocycles. The second kappa shape index (κ2) is 3.69. The quantitative estimate of drug-likeness (QED) is 0.745. The van der Waals surface area contributed by atoms with E-state index in [1.807, 2.05) is 12.4 Å². The lowest BCUT2D eigenvalue weighted by molar-refractivity contribution is 0.471. The maximum Gasteiger partial charge on any atom is 0.136 e. The van der Waals surface area contributed by atoms with Crippen molar-refractivity contribution >= 4 is 5.65 Å². The molecule has 0 aliphatic carbocycles. The van der Waals surface area contributed by atoms with Crippen molar-refractivity contribution in [3.63, 3.8) is 0 Å². The molecule has 0 atom stereocenters. The summed E-state index contributed by atoms with van der Waals surface area (Å²) in [5.74, 6) is 0. The van der Waals surface area contributed by atoms with Crippen molar-refractivity contribution in [2.24, 2.45) is 0 Å². The van der Waals surface area contributed by atoms with Gasteiger partial charge < -0.3 is 4.40 Å². The lowest BCUT2D eigenvalue weighted by Crippen LogP contribution is -2.17. The highest BCUT2D eigenvalue weighted by Crippen LogP contribution is 2.28. The topological polar surface area (TPSA) is 17.3 Å². The molecule has 0 aliphatic rings. The van der Waals surface area contributed by atoms with E-state index in [4.69, 9.17) is 0 Å². The van der Waals surface area contributed by atoms with Crippen molar-refractivity contribution in [3.05, 3.63) is 36.3 Å². The first-order valence-electron chi connectivity index (χ1n) is 5.57. The molecular weight excluding hydrogens is 184 g/mol. The highest BCUT2D eigenvalue weighted by molar-refractivity contribution is 5.40. The SMILES string of the molecule is CCCC(C)(C)c1ccc2nccn2c1. The number of fused-ring (bicyclic) bond motifs is 1. The molecule has 2 heterocycles. The molecule has 0 aliphatic heterocycles. The summed E-state index contributed by atoms with van der Waals surface area (Å²) < 4.78 is 2.09. The van der Waals surface area contributed by atoms with Crippen LogP contribution in [0.2, 0.25) is 0 Å². The first-order chi connectivity index (χ1) is 7.13. The Morgan fingerprint density at radius 3 is 2.87 bits per heavy atom. The molecule has 0 spiro atoms. The van der Waals surface area contributed by atoms with Crippen molar-refractivity contribution in [1.82, 2.24) is 9.38 Å². The van der Waals surface area contributed by atoms with E-state index in [-0.39, 0.29) is 5.41 Å². The Morgan fingerprint density at radius 1 is 1.33 bits per heavy atom. The molecule has 2 aromatic heterocycles. The van der Waals surface area contributed by atoms with E-state index < -0.39 is 0 Å². The summed E-state index contributed by atoms with van der Waals surface area (Å²) in [6.07, 6.45) is 8.47. The van der Waals surface area contributed by atoms with Crippen molar-refractivity contribution in [2.75, 3.05) is 0 Å². The van der Waals surface area contributed by atoms with Crippen molar-refractivity contribution in [1.29, 1.82) is 0 Å². The van der Waals surface area contributed by atoms with Crippen LogP contribution in [0, 0.1) is 0 Å². The number of hydrogen-bond donors (Lipinski definition) is 0. The third kappa shape index (κ3) is 1.89. The average molecular weight is 202 g/mol. The Kier molecular flexibility index (Phi) is 2.51. The van der Waals surface area contributed by atoms with Crippen LogP contribution < -0.4 is 0 Å². The van der Waals surface area contributed by atoms with E-state index in [0.29, 0.717) is 0 Å². The number of pyridine rings is 1. The van der Waals surface area contributed by atoms with E-state index in [0.717, 1.165) is 5.65 Å². The average Bonchev–Trinajstić information content (AvgIpc) is 2.63. The Labute approximate surface area is 91.0 Å². The fourth-order valence-electron chi connectivity index (χ4n) is 2.09. The first kappa shape index (κ1) is 10.2. The second-order valence-corrected chi connectivity index (χ2v) is 4.74. The molecule has 0 fully saturated rings. The molecule has 2 aromatic rings. The van der Waals surface area contributed by atoms with E-state index in [2.05, 4.69) is 48.5 Å². The Balaban J connectivity index is 2.42. The van der Waals surface area contributed by atoms with Gasteiger partial charge in [0.25, 0.3) is 0 Å². The van der Waals surface area contributed by atoms with Crippen LogP contribution in [0.5, 0.6) is 0 Å². The van der Waals surface area contributed by atoms with Gasteiger partial charge in [-0.1, -0.05) is 33.3 Å². The van der Waals surface area contributed by atoms with Crippen LogP contribution in [0.4, 0.5) is 0 Å². The summed E-state index contributed by atoms with van der Waals surface area (Å²) in [4.78, 5) is 4.25. The summed E-state index contributed by atoms with van der Waals surface area (Å²) in [6, 6.07) is 4.28. The molecule has 0 saturated carbocycles. The molecule has 0 aromatic carbocycles. The Hall–Kier alpha value is -1.31. The van der Waals surface area contributed by atoms with E-state index in [1.165, 1.54) is 18.4 Å². The van der Waals surface area contributed by atoms with Crippen LogP contribution in [0.25, 0.3) is 5.65 Å². The lowest BCUT2D eigenvalue weighted by Gasteiger charge is -2.24. The zero-order valence-electron chi connectivity index (χ0n) is 9.70. The van der Waals surface area contributed by atoms with Gasteiger partial charge in [-0.2, -0.15) is 0 Å². The predicted molar refractivity (Wildman–Crippen MR) is 63.1 cm³/mol. The maximum atomic E-state index is 4.25. The number of hydrogen-bond acceptors (Lipinski definition) is 1.